The first-order chi connectivity index (χ1) is 10.4. The van der Waals surface area contributed by atoms with Gasteiger partial charge in [0.25, 0.3) is 5.91 Å². The molecule has 0 saturated carbocycles. The topological polar surface area (TPSA) is 29.1 Å². The van der Waals surface area contributed by atoms with Gasteiger partial charge in [-0.3, -0.25) is 4.79 Å². The molecule has 1 N–H and O–H groups in total. The predicted octanol–water partition coefficient (Wildman–Crippen LogP) is 4.67. The Labute approximate surface area is 133 Å². The lowest BCUT2D eigenvalue weighted by atomic mass is 9.99. The van der Waals surface area contributed by atoms with Crippen LogP contribution in [0, 0.1) is 20.8 Å². The summed E-state index contributed by atoms with van der Waals surface area (Å²) in [7, 11) is 0. The minimum Gasteiger partial charge on any atom is -0.346 e. The summed E-state index contributed by atoms with van der Waals surface area (Å²) in [6.07, 6.45) is 1.03. The smallest absolute Gasteiger partial charge is 0.252 e. The zero-order chi connectivity index (χ0) is 16.3. The van der Waals surface area contributed by atoms with Crippen LogP contribution >= 0.6 is 0 Å². The highest BCUT2D eigenvalue weighted by Crippen LogP contribution is 2.18. The second kappa shape index (κ2) is 6.78. The van der Waals surface area contributed by atoms with E-state index in [2.05, 4.69) is 49.5 Å². The summed E-state index contributed by atoms with van der Waals surface area (Å²) < 4.78 is 0. The van der Waals surface area contributed by atoms with E-state index in [9.17, 15) is 4.79 Å². The molecule has 22 heavy (non-hydrogen) atoms. The monoisotopic (exact) mass is 295 g/mol. The number of carbonyl (C=O) groups is 1. The number of rotatable bonds is 4. The Bertz CT molecular complexity index is 671. The molecule has 0 aliphatic carbocycles. The molecular formula is C20H25NO. The predicted molar refractivity (Wildman–Crippen MR) is 92.4 cm³/mol. The highest BCUT2D eigenvalue weighted by atomic mass is 16.1. The first-order valence-corrected chi connectivity index (χ1v) is 7.90. The minimum absolute atomic E-state index is 0.000541. The van der Waals surface area contributed by atoms with Gasteiger partial charge in [0.05, 0.1) is 6.04 Å². The number of benzene rings is 2. The molecule has 0 radical (unpaired) electrons. The Morgan fingerprint density at radius 1 is 1.00 bits per heavy atom. The van der Waals surface area contributed by atoms with Crippen molar-refractivity contribution in [2.24, 2.45) is 0 Å². The molecule has 0 bridgehead atoms. The van der Waals surface area contributed by atoms with E-state index in [0.717, 1.165) is 28.7 Å². The lowest BCUT2D eigenvalue weighted by Crippen LogP contribution is -2.27. The number of hydrogen-bond donors (Lipinski definition) is 1. The maximum Gasteiger partial charge on any atom is 0.252 e. The van der Waals surface area contributed by atoms with Crippen molar-refractivity contribution in [2.45, 2.75) is 47.1 Å². The van der Waals surface area contributed by atoms with E-state index >= 15 is 0 Å². The fourth-order valence-corrected chi connectivity index (χ4v) is 2.60. The van der Waals surface area contributed by atoms with Crippen LogP contribution in [0.3, 0.4) is 0 Å². The van der Waals surface area contributed by atoms with Gasteiger partial charge in [-0.25, -0.2) is 0 Å². The first kappa shape index (κ1) is 16.3. The molecule has 0 aromatic heterocycles. The third kappa shape index (κ3) is 3.56. The third-order valence-corrected chi connectivity index (χ3v) is 4.32. The molecule has 2 aromatic carbocycles. The molecule has 2 rings (SSSR count). The number of hydrogen-bond acceptors (Lipinski definition) is 1. The lowest BCUT2D eigenvalue weighted by Gasteiger charge is -2.16. The fourth-order valence-electron chi connectivity index (χ4n) is 2.60. The van der Waals surface area contributed by atoms with Crippen molar-refractivity contribution in [1.29, 1.82) is 0 Å². The zero-order valence-electron chi connectivity index (χ0n) is 14.2. The van der Waals surface area contributed by atoms with E-state index in [1.54, 1.807) is 0 Å². The molecule has 0 aliphatic rings. The van der Waals surface area contributed by atoms with E-state index in [1.807, 2.05) is 26.8 Å². The molecule has 2 aromatic rings. The van der Waals surface area contributed by atoms with E-state index in [-0.39, 0.29) is 11.9 Å². The summed E-state index contributed by atoms with van der Waals surface area (Å²) in [4.78, 5) is 12.5. The van der Waals surface area contributed by atoms with Crippen molar-refractivity contribution >= 4 is 5.91 Å². The van der Waals surface area contributed by atoms with Crippen molar-refractivity contribution in [3.63, 3.8) is 0 Å². The van der Waals surface area contributed by atoms with Crippen molar-refractivity contribution in [2.75, 3.05) is 0 Å². The van der Waals surface area contributed by atoms with Gasteiger partial charge in [-0.15, -0.1) is 0 Å². The van der Waals surface area contributed by atoms with E-state index in [0.29, 0.717) is 0 Å². The molecule has 0 saturated heterocycles. The largest absolute Gasteiger partial charge is 0.346 e. The van der Waals surface area contributed by atoms with Crippen LogP contribution in [-0.4, -0.2) is 5.91 Å². The van der Waals surface area contributed by atoms with Crippen LogP contribution in [0.4, 0.5) is 0 Å². The fraction of sp³-hybridized carbons (Fsp3) is 0.350. The first-order valence-electron chi connectivity index (χ1n) is 7.90. The Kier molecular flexibility index (Phi) is 5.02. The van der Waals surface area contributed by atoms with Crippen molar-refractivity contribution in [1.82, 2.24) is 5.32 Å². The standard InChI is InChI=1S/C20H25NO/c1-6-17-7-9-18(10-8-17)16(5)21-20(22)19-12-14(3)13(2)11-15(19)4/h7-12,16H,6H2,1-5H3,(H,21,22). The van der Waals surface area contributed by atoms with Gasteiger partial charge in [0.2, 0.25) is 0 Å². The summed E-state index contributed by atoms with van der Waals surface area (Å²) in [6.45, 7) is 10.3. The van der Waals surface area contributed by atoms with Crippen molar-refractivity contribution in [3.05, 3.63) is 69.8 Å². The maximum absolute atomic E-state index is 12.5. The van der Waals surface area contributed by atoms with E-state index in [4.69, 9.17) is 0 Å². The van der Waals surface area contributed by atoms with Crippen LogP contribution in [0.1, 0.15) is 58.1 Å². The van der Waals surface area contributed by atoms with E-state index < -0.39 is 0 Å². The average Bonchev–Trinajstić information content (AvgIpc) is 2.50. The van der Waals surface area contributed by atoms with Gasteiger partial charge in [0, 0.05) is 5.56 Å². The number of nitrogens with one attached hydrogen (secondary N) is 1. The molecular weight excluding hydrogens is 270 g/mol. The minimum atomic E-state index is -0.00679. The molecule has 1 unspecified atom stereocenters. The van der Waals surface area contributed by atoms with Gasteiger partial charge < -0.3 is 5.32 Å². The Hall–Kier alpha value is -2.09. The summed E-state index contributed by atoms with van der Waals surface area (Å²) in [5, 5.41) is 3.10. The highest BCUT2D eigenvalue weighted by Gasteiger charge is 2.14. The molecule has 0 spiro atoms. The summed E-state index contributed by atoms with van der Waals surface area (Å²) in [5.41, 5.74) is 6.60. The van der Waals surface area contributed by atoms with Gasteiger partial charge in [-0.05, 0) is 68.0 Å². The normalized spacial score (nSPS) is 12.0. The van der Waals surface area contributed by atoms with Crippen LogP contribution < -0.4 is 5.32 Å². The summed E-state index contributed by atoms with van der Waals surface area (Å²) >= 11 is 0. The zero-order valence-corrected chi connectivity index (χ0v) is 14.2. The van der Waals surface area contributed by atoms with Gasteiger partial charge >= 0.3 is 0 Å². The third-order valence-electron chi connectivity index (χ3n) is 4.32. The molecule has 0 fully saturated rings. The van der Waals surface area contributed by atoms with Crippen LogP contribution in [-0.2, 0) is 6.42 Å². The molecule has 116 valence electrons. The molecule has 2 nitrogen and oxygen atoms in total. The quantitative estimate of drug-likeness (QED) is 0.873. The molecule has 0 heterocycles. The second-order valence-corrected chi connectivity index (χ2v) is 6.04. The van der Waals surface area contributed by atoms with Crippen molar-refractivity contribution < 1.29 is 4.79 Å². The van der Waals surface area contributed by atoms with Crippen LogP contribution in [0.5, 0.6) is 0 Å². The Morgan fingerprint density at radius 2 is 1.59 bits per heavy atom. The molecule has 1 amide bonds. The van der Waals surface area contributed by atoms with Gasteiger partial charge in [-0.1, -0.05) is 37.3 Å². The second-order valence-electron chi connectivity index (χ2n) is 6.04. The van der Waals surface area contributed by atoms with Gasteiger partial charge in [0.1, 0.15) is 0 Å². The van der Waals surface area contributed by atoms with Crippen LogP contribution in [0.2, 0.25) is 0 Å². The number of carbonyl (C=O) groups excluding carboxylic acids is 1. The molecule has 0 aliphatic heterocycles. The van der Waals surface area contributed by atoms with E-state index in [1.165, 1.54) is 11.1 Å². The maximum atomic E-state index is 12.5. The summed E-state index contributed by atoms with van der Waals surface area (Å²) in [6, 6.07) is 12.5. The van der Waals surface area contributed by atoms with Gasteiger partial charge in [0.15, 0.2) is 0 Å². The number of aryl methyl sites for hydroxylation is 4. The molecule has 2 heteroatoms. The Morgan fingerprint density at radius 3 is 2.18 bits per heavy atom. The molecule has 1 atom stereocenters. The van der Waals surface area contributed by atoms with Crippen molar-refractivity contribution in [3.8, 4) is 0 Å². The van der Waals surface area contributed by atoms with Crippen LogP contribution in [0.25, 0.3) is 0 Å². The SMILES string of the molecule is CCc1ccc(C(C)NC(=O)c2cc(C)c(C)cc2C)cc1. The van der Waals surface area contributed by atoms with Crippen LogP contribution in [0.15, 0.2) is 36.4 Å². The average molecular weight is 295 g/mol. The highest BCUT2D eigenvalue weighted by molar-refractivity contribution is 5.96. The van der Waals surface area contributed by atoms with Gasteiger partial charge in [-0.2, -0.15) is 0 Å². The summed E-state index contributed by atoms with van der Waals surface area (Å²) in [5.74, 6) is -0.00679. The number of amides is 1. The lowest BCUT2D eigenvalue weighted by molar-refractivity contribution is 0.0939. The Balaban J connectivity index is 2.15.